The van der Waals surface area contributed by atoms with Gasteiger partial charge in [0.1, 0.15) is 16.2 Å². The van der Waals surface area contributed by atoms with Gasteiger partial charge in [-0.15, -0.1) is 0 Å². The molecule has 3 rings (SSSR count). The minimum absolute atomic E-state index is 0.0428. The van der Waals surface area contributed by atoms with Gasteiger partial charge in [0.15, 0.2) is 0 Å². The van der Waals surface area contributed by atoms with Crippen LogP contribution < -0.4 is 4.72 Å². The summed E-state index contributed by atoms with van der Waals surface area (Å²) >= 11 is 6.07. The molecule has 2 aromatic carbocycles. The lowest BCUT2D eigenvalue weighted by atomic mass is 10.1. The molecular weight excluding hydrogens is 456 g/mol. The zero-order valence-corrected chi connectivity index (χ0v) is 18.2. The van der Waals surface area contributed by atoms with Crippen LogP contribution in [-0.2, 0) is 20.0 Å². The number of carbonyl (C=O) groups is 1. The highest BCUT2D eigenvalue weighted by atomic mass is 35.5. The van der Waals surface area contributed by atoms with Crippen LogP contribution in [0.15, 0.2) is 40.1 Å². The molecule has 162 valence electrons. The molecule has 1 aliphatic rings. The monoisotopic (exact) mass is 474 g/mol. The first-order valence-electron chi connectivity index (χ1n) is 8.83. The molecule has 0 unspecified atom stereocenters. The molecule has 2 aromatic rings. The van der Waals surface area contributed by atoms with Gasteiger partial charge in [0, 0.05) is 13.1 Å². The predicted octanol–water partition coefficient (Wildman–Crippen LogP) is 2.64. The molecule has 0 aliphatic carbocycles. The third kappa shape index (κ3) is 4.24. The molecule has 0 amide bonds. The van der Waals surface area contributed by atoms with Gasteiger partial charge < -0.3 is 10.2 Å². The lowest BCUT2D eigenvalue weighted by Gasteiger charge is -2.18. The fourth-order valence-electron chi connectivity index (χ4n) is 3.18. The number of nitrogens with zero attached hydrogens (tertiary/aromatic N) is 1. The Morgan fingerprint density at radius 3 is 2.30 bits per heavy atom. The van der Waals surface area contributed by atoms with E-state index in [0.29, 0.717) is 13.1 Å². The van der Waals surface area contributed by atoms with Crippen LogP contribution in [0.2, 0.25) is 5.02 Å². The van der Waals surface area contributed by atoms with Gasteiger partial charge in [-0.2, -0.15) is 4.31 Å². The first-order valence-corrected chi connectivity index (χ1v) is 12.1. The second-order valence-electron chi connectivity index (χ2n) is 6.80. The Hall–Kier alpha value is -2.34. The first kappa shape index (κ1) is 22.3. The molecule has 0 bridgehead atoms. The molecule has 1 fully saturated rings. The maximum atomic E-state index is 12.8. The molecule has 0 aromatic heterocycles. The number of phenols is 1. The maximum absolute atomic E-state index is 12.8. The fourth-order valence-corrected chi connectivity index (χ4v) is 6.50. The molecule has 0 radical (unpaired) electrons. The van der Waals surface area contributed by atoms with E-state index in [2.05, 4.69) is 4.72 Å². The van der Waals surface area contributed by atoms with Crippen molar-refractivity contribution in [2.75, 3.05) is 17.8 Å². The van der Waals surface area contributed by atoms with Crippen LogP contribution >= 0.6 is 11.6 Å². The minimum atomic E-state index is -4.29. The van der Waals surface area contributed by atoms with Gasteiger partial charge in [-0.3, -0.25) is 4.72 Å². The zero-order chi connectivity index (χ0) is 22.3. The lowest BCUT2D eigenvalue weighted by molar-refractivity contribution is 0.0693. The molecule has 3 N–H and O–H groups in total. The van der Waals surface area contributed by atoms with Crippen LogP contribution in [0.1, 0.15) is 28.8 Å². The molecule has 0 spiro atoms. The van der Waals surface area contributed by atoms with E-state index in [9.17, 15) is 26.7 Å². The first-order chi connectivity index (χ1) is 13.9. The topological polar surface area (TPSA) is 141 Å². The van der Waals surface area contributed by atoms with Gasteiger partial charge in [-0.05, 0) is 55.7 Å². The fraction of sp³-hybridized carbons (Fsp3) is 0.278. The number of hydrogen-bond donors (Lipinski definition) is 3. The smallest absolute Gasteiger partial charge is 0.339 e. The average molecular weight is 475 g/mol. The molecule has 30 heavy (non-hydrogen) atoms. The second kappa shape index (κ2) is 8.06. The molecule has 0 saturated carbocycles. The standard InChI is InChI=1S/C18H19ClN2O7S2/c1-11-8-15(22)13(18(23)24)10-16(11)29(25,26)20-12-4-5-14(19)17(9-12)30(27,28)21-6-2-3-7-21/h4-5,8-10,20,22H,2-3,6-7H2,1H3,(H,23,24). The summed E-state index contributed by atoms with van der Waals surface area (Å²) in [5.74, 6) is -2.06. The van der Waals surface area contributed by atoms with Gasteiger partial charge >= 0.3 is 5.97 Å². The highest BCUT2D eigenvalue weighted by molar-refractivity contribution is 7.92. The molecule has 1 saturated heterocycles. The van der Waals surface area contributed by atoms with Crippen LogP contribution in [0.25, 0.3) is 0 Å². The van der Waals surface area contributed by atoms with Gasteiger partial charge in [0.05, 0.1) is 15.6 Å². The Kier molecular flexibility index (Phi) is 6.01. The molecular formula is C18H19ClN2O7S2. The number of halogens is 1. The summed E-state index contributed by atoms with van der Waals surface area (Å²) in [4.78, 5) is 10.6. The van der Waals surface area contributed by atoms with Crippen molar-refractivity contribution in [3.8, 4) is 5.75 Å². The average Bonchev–Trinajstić information content (AvgIpc) is 3.18. The number of nitrogens with one attached hydrogen (secondary N) is 1. The van der Waals surface area contributed by atoms with Gasteiger partial charge in [0.2, 0.25) is 10.0 Å². The summed E-state index contributed by atoms with van der Waals surface area (Å²) in [5.41, 5.74) is -0.514. The number of aromatic hydroxyl groups is 1. The molecule has 12 heteroatoms. The van der Waals surface area contributed by atoms with E-state index in [1.54, 1.807) is 0 Å². The summed E-state index contributed by atoms with van der Waals surface area (Å²) in [7, 11) is -8.17. The summed E-state index contributed by atoms with van der Waals surface area (Å²) in [5, 5.41) is 18.8. The number of rotatable bonds is 6. The van der Waals surface area contributed by atoms with Crippen LogP contribution in [-0.4, -0.2) is 50.4 Å². The number of sulfonamides is 2. The number of aryl methyl sites for hydroxylation is 1. The summed E-state index contributed by atoms with van der Waals surface area (Å²) in [6.45, 7) is 2.11. The Morgan fingerprint density at radius 2 is 1.70 bits per heavy atom. The van der Waals surface area contributed by atoms with Crippen molar-refractivity contribution in [2.45, 2.75) is 29.6 Å². The Bertz CT molecular complexity index is 1220. The van der Waals surface area contributed by atoms with Gasteiger partial charge in [-0.25, -0.2) is 21.6 Å². The van der Waals surface area contributed by atoms with Crippen molar-refractivity contribution in [3.63, 3.8) is 0 Å². The quantitative estimate of drug-likeness (QED) is 0.584. The normalized spacial score (nSPS) is 15.3. The van der Waals surface area contributed by atoms with Crippen LogP contribution in [0.3, 0.4) is 0 Å². The Labute approximate surface area is 179 Å². The summed E-state index contributed by atoms with van der Waals surface area (Å²) in [6.07, 6.45) is 1.46. The molecule has 0 atom stereocenters. The van der Waals surface area contributed by atoms with Crippen molar-refractivity contribution in [1.82, 2.24) is 4.31 Å². The van der Waals surface area contributed by atoms with Crippen molar-refractivity contribution in [1.29, 1.82) is 0 Å². The predicted molar refractivity (Wildman–Crippen MR) is 110 cm³/mol. The SMILES string of the molecule is Cc1cc(O)c(C(=O)O)cc1S(=O)(=O)Nc1ccc(Cl)c(S(=O)(=O)N2CCCC2)c1. The van der Waals surface area contributed by atoms with E-state index in [-0.39, 0.29) is 26.1 Å². The van der Waals surface area contributed by atoms with Gasteiger partial charge in [0.25, 0.3) is 10.0 Å². The van der Waals surface area contributed by atoms with Crippen molar-refractivity contribution in [2.24, 2.45) is 0 Å². The van der Waals surface area contributed by atoms with Crippen LogP contribution in [0, 0.1) is 6.92 Å². The van der Waals surface area contributed by atoms with Crippen molar-refractivity contribution in [3.05, 3.63) is 46.5 Å². The van der Waals surface area contributed by atoms with E-state index in [0.717, 1.165) is 31.0 Å². The zero-order valence-electron chi connectivity index (χ0n) is 15.8. The Morgan fingerprint density at radius 1 is 1.07 bits per heavy atom. The van der Waals surface area contributed by atoms with Crippen molar-refractivity contribution < 1.29 is 31.8 Å². The number of carboxylic acid groups (broad SMARTS) is 1. The molecule has 1 aliphatic heterocycles. The van der Waals surface area contributed by atoms with E-state index >= 15 is 0 Å². The maximum Gasteiger partial charge on any atom is 0.339 e. The lowest BCUT2D eigenvalue weighted by Crippen LogP contribution is -2.28. The molecule has 1 heterocycles. The van der Waals surface area contributed by atoms with E-state index in [1.807, 2.05) is 0 Å². The van der Waals surface area contributed by atoms with Crippen LogP contribution in [0.5, 0.6) is 5.75 Å². The highest BCUT2D eigenvalue weighted by Gasteiger charge is 2.30. The largest absolute Gasteiger partial charge is 0.507 e. The third-order valence-corrected chi connectivity index (χ3v) is 8.58. The second-order valence-corrected chi connectivity index (χ2v) is 10.8. The number of benzene rings is 2. The van der Waals surface area contributed by atoms with Crippen molar-refractivity contribution >= 4 is 43.3 Å². The third-order valence-electron chi connectivity index (χ3n) is 4.68. The molecule has 9 nitrogen and oxygen atoms in total. The number of hydrogen-bond acceptors (Lipinski definition) is 6. The van der Waals surface area contributed by atoms with E-state index in [1.165, 1.54) is 23.4 Å². The minimum Gasteiger partial charge on any atom is -0.507 e. The number of carboxylic acids is 1. The summed E-state index contributed by atoms with van der Waals surface area (Å²) < 4.78 is 54.9. The number of aromatic carboxylic acids is 1. The number of anilines is 1. The highest BCUT2D eigenvalue weighted by Crippen LogP contribution is 2.31. The van der Waals surface area contributed by atoms with Gasteiger partial charge in [-0.1, -0.05) is 11.6 Å². The van der Waals surface area contributed by atoms with Crippen LogP contribution in [0.4, 0.5) is 5.69 Å². The summed E-state index contributed by atoms with van der Waals surface area (Å²) in [6, 6.07) is 5.57. The van der Waals surface area contributed by atoms with E-state index in [4.69, 9.17) is 16.7 Å². The Balaban J connectivity index is 2.01. The van der Waals surface area contributed by atoms with E-state index < -0.39 is 37.3 Å².